The Morgan fingerprint density at radius 1 is 1.57 bits per heavy atom. The SMILES string of the molecule is Cn1cncc1C(N)CC1CCCC1. The van der Waals surface area contributed by atoms with Crippen molar-refractivity contribution in [1.82, 2.24) is 9.55 Å². The molecule has 0 spiro atoms. The molecule has 0 aromatic carbocycles. The van der Waals surface area contributed by atoms with Crippen LogP contribution in [0, 0.1) is 5.92 Å². The van der Waals surface area contributed by atoms with Crippen LogP contribution >= 0.6 is 0 Å². The van der Waals surface area contributed by atoms with Gasteiger partial charge in [0, 0.05) is 19.3 Å². The summed E-state index contributed by atoms with van der Waals surface area (Å²) in [5, 5.41) is 0. The molecule has 1 unspecified atom stereocenters. The Morgan fingerprint density at radius 3 is 2.86 bits per heavy atom. The van der Waals surface area contributed by atoms with Gasteiger partial charge in [0.25, 0.3) is 0 Å². The molecule has 3 nitrogen and oxygen atoms in total. The molecular weight excluding hydrogens is 174 g/mol. The predicted molar refractivity (Wildman–Crippen MR) is 56.7 cm³/mol. The zero-order valence-electron chi connectivity index (χ0n) is 8.82. The smallest absolute Gasteiger partial charge is 0.0946 e. The number of nitrogens with zero attached hydrogens (tertiary/aromatic N) is 2. The summed E-state index contributed by atoms with van der Waals surface area (Å²) in [5.74, 6) is 0.847. The average molecular weight is 193 g/mol. The number of nitrogens with two attached hydrogens (primary N) is 1. The molecule has 0 saturated heterocycles. The van der Waals surface area contributed by atoms with Crippen LogP contribution in [-0.4, -0.2) is 9.55 Å². The molecule has 1 saturated carbocycles. The van der Waals surface area contributed by atoms with E-state index in [9.17, 15) is 0 Å². The molecule has 1 aromatic heterocycles. The summed E-state index contributed by atoms with van der Waals surface area (Å²) >= 11 is 0. The normalized spacial score (nSPS) is 20.1. The largest absolute Gasteiger partial charge is 0.336 e. The summed E-state index contributed by atoms with van der Waals surface area (Å²) in [6, 6.07) is 0.172. The van der Waals surface area contributed by atoms with Crippen molar-refractivity contribution < 1.29 is 0 Å². The monoisotopic (exact) mass is 193 g/mol. The van der Waals surface area contributed by atoms with Crippen molar-refractivity contribution >= 4 is 0 Å². The van der Waals surface area contributed by atoms with Gasteiger partial charge >= 0.3 is 0 Å². The van der Waals surface area contributed by atoms with E-state index in [0.717, 1.165) is 18.0 Å². The topological polar surface area (TPSA) is 43.8 Å². The quantitative estimate of drug-likeness (QED) is 0.798. The molecule has 3 heteroatoms. The molecular formula is C11H19N3. The second-order valence-corrected chi connectivity index (χ2v) is 4.42. The number of hydrogen-bond donors (Lipinski definition) is 1. The molecule has 2 rings (SSSR count). The molecule has 1 aromatic rings. The second kappa shape index (κ2) is 4.13. The van der Waals surface area contributed by atoms with Crippen LogP contribution in [0.25, 0.3) is 0 Å². The van der Waals surface area contributed by atoms with Gasteiger partial charge in [-0.1, -0.05) is 25.7 Å². The van der Waals surface area contributed by atoms with Gasteiger partial charge < -0.3 is 10.3 Å². The lowest BCUT2D eigenvalue weighted by Gasteiger charge is -2.16. The predicted octanol–water partition coefficient (Wildman–Crippen LogP) is 2.00. The van der Waals surface area contributed by atoms with Crippen molar-refractivity contribution in [2.75, 3.05) is 0 Å². The lowest BCUT2D eigenvalue weighted by atomic mass is 9.97. The third kappa shape index (κ3) is 1.98. The number of rotatable bonds is 3. The highest BCUT2D eigenvalue weighted by Crippen LogP contribution is 2.31. The number of aromatic nitrogens is 2. The van der Waals surface area contributed by atoms with Gasteiger partial charge in [0.15, 0.2) is 0 Å². The van der Waals surface area contributed by atoms with Gasteiger partial charge in [0.1, 0.15) is 0 Å². The molecule has 0 radical (unpaired) electrons. The van der Waals surface area contributed by atoms with Crippen molar-refractivity contribution in [2.45, 2.75) is 38.1 Å². The second-order valence-electron chi connectivity index (χ2n) is 4.42. The maximum absolute atomic E-state index is 6.16. The van der Waals surface area contributed by atoms with E-state index in [0.29, 0.717) is 0 Å². The van der Waals surface area contributed by atoms with Crippen LogP contribution in [0.2, 0.25) is 0 Å². The fourth-order valence-electron chi connectivity index (χ4n) is 2.45. The fraction of sp³-hybridized carbons (Fsp3) is 0.727. The van der Waals surface area contributed by atoms with Crippen LogP contribution in [0.4, 0.5) is 0 Å². The molecule has 0 amide bonds. The maximum Gasteiger partial charge on any atom is 0.0946 e. The van der Waals surface area contributed by atoms with Gasteiger partial charge in [0.2, 0.25) is 0 Å². The third-order valence-electron chi connectivity index (χ3n) is 3.30. The first-order valence-corrected chi connectivity index (χ1v) is 5.49. The van der Waals surface area contributed by atoms with Gasteiger partial charge in [-0.25, -0.2) is 4.98 Å². The summed E-state index contributed by atoms with van der Waals surface area (Å²) < 4.78 is 2.03. The molecule has 78 valence electrons. The summed E-state index contributed by atoms with van der Waals surface area (Å²) in [4.78, 5) is 4.10. The van der Waals surface area contributed by atoms with Crippen LogP contribution in [0.5, 0.6) is 0 Å². The van der Waals surface area contributed by atoms with Crippen LogP contribution in [-0.2, 0) is 7.05 Å². The third-order valence-corrected chi connectivity index (χ3v) is 3.30. The Morgan fingerprint density at radius 2 is 2.29 bits per heavy atom. The fourth-order valence-corrected chi connectivity index (χ4v) is 2.45. The minimum absolute atomic E-state index is 0.172. The van der Waals surface area contributed by atoms with Gasteiger partial charge in [-0.3, -0.25) is 0 Å². The summed E-state index contributed by atoms with van der Waals surface area (Å²) in [6.07, 6.45) is 10.4. The molecule has 1 aliphatic rings. The Hall–Kier alpha value is -0.830. The van der Waals surface area contributed by atoms with Crippen molar-refractivity contribution in [3.05, 3.63) is 18.2 Å². The molecule has 0 bridgehead atoms. The van der Waals surface area contributed by atoms with Crippen LogP contribution < -0.4 is 5.73 Å². The van der Waals surface area contributed by atoms with E-state index >= 15 is 0 Å². The van der Waals surface area contributed by atoms with Crippen molar-refractivity contribution in [1.29, 1.82) is 0 Å². The molecule has 1 fully saturated rings. The average Bonchev–Trinajstić information content (AvgIpc) is 2.75. The number of aryl methyl sites for hydroxylation is 1. The molecule has 2 N–H and O–H groups in total. The Balaban J connectivity index is 1.95. The minimum atomic E-state index is 0.172. The van der Waals surface area contributed by atoms with Crippen LogP contribution in [0.1, 0.15) is 43.8 Å². The van der Waals surface area contributed by atoms with E-state index in [4.69, 9.17) is 5.73 Å². The molecule has 1 heterocycles. The van der Waals surface area contributed by atoms with E-state index in [1.807, 2.05) is 24.1 Å². The Bertz CT molecular complexity index is 286. The van der Waals surface area contributed by atoms with Crippen molar-refractivity contribution in [3.63, 3.8) is 0 Å². The standard InChI is InChI=1S/C11H19N3/c1-14-8-13-7-11(14)10(12)6-9-4-2-3-5-9/h7-10H,2-6,12H2,1H3. The summed E-state index contributed by atoms with van der Waals surface area (Å²) in [5.41, 5.74) is 7.32. The van der Waals surface area contributed by atoms with Crippen molar-refractivity contribution in [2.24, 2.45) is 18.7 Å². The van der Waals surface area contributed by atoms with Gasteiger partial charge in [-0.15, -0.1) is 0 Å². The molecule has 14 heavy (non-hydrogen) atoms. The number of hydrogen-bond acceptors (Lipinski definition) is 2. The number of imidazole rings is 1. The highest BCUT2D eigenvalue weighted by molar-refractivity contribution is 5.04. The Kier molecular flexibility index (Phi) is 2.87. The Labute approximate surface area is 85.3 Å². The van der Waals surface area contributed by atoms with E-state index in [1.165, 1.54) is 25.7 Å². The minimum Gasteiger partial charge on any atom is -0.336 e. The maximum atomic E-state index is 6.16. The van der Waals surface area contributed by atoms with Crippen LogP contribution in [0.3, 0.4) is 0 Å². The first kappa shape index (κ1) is 9.71. The van der Waals surface area contributed by atoms with Gasteiger partial charge in [-0.05, 0) is 12.3 Å². The van der Waals surface area contributed by atoms with Gasteiger partial charge in [0.05, 0.1) is 12.0 Å². The highest BCUT2D eigenvalue weighted by atomic mass is 15.0. The first-order chi connectivity index (χ1) is 6.77. The lowest BCUT2D eigenvalue weighted by molar-refractivity contribution is 0.440. The zero-order chi connectivity index (χ0) is 9.97. The molecule has 1 atom stereocenters. The molecule has 0 aliphatic heterocycles. The zero-order valence-corrected chi connectivity index (χ0v) is 8.82. The summed E-state index contributed by atoms with van der Waals surface area (Å²) in [7, 11) is 2.01. The first-order valence-electron chi connectivity index (χ1n) is 5.49. The van der Waals surface area contributed by atoms with Gasteiger partial charge in [-0.2, -0.15) is 0 Å². The van der Waals surface area contributed by atoms with E-state index in [1.54, 1.807) is 0 Å². The van der Waals surface area contributed by atoms with Crippen molar-refractivity contribution in [3.8, 4) is 0 Å². The lowest BCUT2D eigenvalue weighted by Crippen LogP contribution is -2.16. The molecule has 1 aliphatic carbocycles. The summed E-state index contributed by atoms with van der Waals surface area (Å²) in [6.45, 7) is 0. The van der Waals surface area contributed by atoms with Crippen LogP contribution in [0.15, 0.2) is 12.5 Å². The van der Waals surface area contributed by atoms with E-state index in [2.05, 4.69) is 4.98 Å². The van der Waals surface area contributed by atoms with E-state index < -0.39 is 0 Å². The van der Waals surface area contributed by atoms with E-state index in [-0.39, 0.29) is 6.04 Å². The highest BCUT2D eigenvalue weighted by Gasteiger charge is 2.20.